The summed E-state index contributed by atoms with van der Waals surface area (Å²) < 4.78 is 0. The van der Waals surface area contributed by atoms with Crippen LogP contribution in [0.25, 0.3) is 0 Å². The highest BCUT2D eigenvalue weighted by atomic mass is 15.5. The number of hydrogen-bond acceptors (Lipinski definition) is 5. The maximum atomic E-state index is 4.03. The minimum Gasteiger partial charge on any atom is -0.305 e. The zero-order valence-electron chi connectivity index (χ0n) is 11.4. The van der Waals surface area contributed by atoms with Gasteiger partial charge in [-0.25, -0.2) is 0 Å². The molecule has 2 unspecified atom stereocenters. The van der Waals surface area contributed by atoms with Gasteiger partial charge in [0.15, 0.2) is 5.82 Å². The fraction of sp³-hybridized carbons (Fsp3) is 0.917. The number of tetrazole rings is 1. The molecule has 1 aliphatic rings. The van der Waals surface area contributed by atoms with E-state index in [2.05, 4.69) is 44.7 Å². The summed E-state index contributed by atoms with van der Waals surface area (Å²) in [5.74, 6) is 0.754. The average molecular weight is 252 g/mol. The van der Waals surface area contributed by atoms with Crippen molar-refractivity contribution in [2.24, 2.45) is 0 Å². The summed E-state index contributed by atoms with van der Waals surface area (Å²) in [5.41, 5.74) is 0. The van der Waals surface area contributed by atoms with Gasteiger partial charge in [-0.15, -0.1) is 10.2 Å². The number of likely N-dealkylation sites (tertiary alicyclic amines) is 1. The minimum absolute atomic E-state index is 0.173. The van der Waals surface area contributed by atoms with Crippen LogP contribution in [0.3, 0.4) is 0 Å². The average Bonchev–Trinajstić information content (AvgIpc) is 2.81. The van der Waals surface area contributed by atoms with Gasteiger partial charge in [-0.05, 0) is 52.2 Å². The molecule has 2 heterocycles. The molecule has 0 amide bonds. The Kier molecular flexibility index (Phi) is 5.07. The van der Waals surface area contributed by atoms with E-state index in [1.807, 2.05) is 0 Å². The van der Waals surface area contributed by atoms with E-state index in [-0.39, 0.29) is 6.04 Å². The predicted molar refractivity (Wildman–Crippen MR) is 70.1 cm³/mol. The Morgan fingerprint density at radius 2 is 2.33 bits per heavy atom. The van der Waals surface area contributed by atoms with Gasteiger partial charge in [0, 0.05) is 6.04 Å². The Labute approximate surface area is 109 Å². The Morgan fingerprint density at radius 3 is 3.06 bits per heavy atom. The summed E-state index contributed by atoms with van der Waals surface area (Å²) in [6.07, 6.45) is 4.97. The molecule has 0 aromatic carbocycles. The molecule has 0 saturated carbocycles. The number of aromatic amines is 1. The number of aromatic nitrogens is 4. The van der Waals surface area contributed by atoms with Crippen molar-refractivity contribution in [1.82, 2.24) is 30.8 Å². The van der Waals surface area contributed by atoms with Crippen LogP contribution >= 0.6 is 0 Å². The lowest BCUT2D eigenvalue weighted by Crippen LogP contribution is -2.33. The number of H-pyrrole nitrogens is 1. The van der Waals surface area contributed by atoms with Crippen molar-refractivity contribution in [2.75, 3.05) is 19.6 Å². The molecule has 1 saturated heterocycles. The van der Waals surface area contributed by atoms with Crippen LogP contribution in [-0.4, -0.2) is 51.2 Å². The SMILES string of the molecule is CCCN1CCCC(NC(C)c2nn[nH]n2)CC1. The molecule has 1 fully saturated rings. The fourth-order valence-corrected chi connectivity index (χ4v) is 2.64. The van der Waals surface area contributed by atoms with Crippen LogP contribution < -0.4 is 5.32 Å². The molecule has 0 bridgehead atoms. The van der Waals surface area contributed by atoms with E-state index in [0.717, 1.165) is 5.82 Å². The molecular weight excluding hydrogens is 228 g/mol. The number of nitrogens with zero attached hydrogens (tertiary/aromatic N) is 4. The molecule has 0 aliphatic carbocycles. The second-order valence-corrected chi connectivity index (χ2v) is 5.13. The van der Waals surface area contributed by atoms with Crippen LogP contribution in [-0.2, 0) is 0 Å². The molecule has 2 rings (SSSR count). The first kappa shape index (κ1) is 13.4. The van der Waals surface area contributed by atoms with E-state index in [4.69, 9.17) is 0 Å². The van der Waals surface area contributed by atoms with Crippen molar-refractivity contribution in [1.29, 1.82) is 0 Å². The van der Waals surface area contributed by atoms with E-state index in [0.29, 0.717) is 6.04 Å². The van der Waals surface area contributed by atoms with Crippen LogP contribution in [0.15, 0.2) is 0 Å². The second-order valence-electron chi connectivity index (χ2n) is 5.13. The number of hydrogen-bond donors (Lipinski definition) is 2. The lowest BCUT2D eigenvalue weighted by molar-refractivity contribution is 0.281. The van der Waals surface area contributed by atoms with Gasteiger partial charge in [0.1, 0.15) is 0 Å². The summed E-state index contributed by atoms with van der Waals surface area (Å²) in [5, 5.41) is 17.8. The lowest BCUT2D eigenvalue weighted by Gasteiger charge is -2.21. The van der Waals surface area contributed by atoms with Gasteiger partial charge in [-0.2, -0.15) is 5.21 Å². The zero-order valence-corrected chi connectivity index (χ0v) is 11.4. The molecule has 0 spiro atoms. The van der Waals surface area contributed by atoms with Crippen molar-refractivity contribution in [3.63, 3.8) is 0 Å². The quantitative estimate of drug-likeness (QED) is 0.821. The highest BCUT2D eigenvalue weighted by molar-refractivity contribution is 4.88. The summed E-state index contributed by atoms with van der Waals surface area (Å²) >= 11 is 0. The third kappa shape index (κ3) is 3.74. The Bertz CT molecular complexity index is 325. The van der Waals surface area contributed by atoms with Gasteiger partial charge in [0.05, 0.1) is 6.04 Å². The second kappa shape index (κ2) is 6.80. The van der Waals surface area contributed by atoms with Gasteiger partial charge in [0.25, 0.3) is 0 Å². The largest absolute Gasteiger partial charge is 0.305 e. The first-order valence-corrected chi connectivity index (χ1v) is 7.01. The summed E-state index contributed by atoms with van der Waals surface area (Å²) in [6.45, 7) is 8.01. The Hall–Kier alpha value is -1.01. The van der Waals surface area contributed by atoms with E-state index < -0.39 is 0 Å². The van der Waals surface area contributed by atoms with E-state index >= 15 is 0 Å². The maximum Gasteiger partial charge on any atom is 0.191 e. The molecular formula is C12H24N6. The highest BCUT2D eigenvalue weighted by Crippen LogP contribution is 2.15. The van der Waals surface area contributed by atoms with Gasteiger partial charge in [0.2, 0.25) is 0 Å². The Balaban J connectivity index is 1.79. The van der Waals surface area contributed by atoms with E-state index in [1.165, 1.54) is 45.3 Å². The minimum atomic E-state index is 0.173. The van der Waals surface area contributed by atoms with Crippen molar-refractivity contribution in [3.05, 3.63) is 5.82 Å². The first-order chi connectivity index (χ1) is 8.79. The standard InChI is InChI=1S/C12H24N6/c1-3-7-18-8-4-5-11(6-9-18)13-10(2)12-14-16-17-15-12/h10-11,13H,3-9H2,1-2H3,(H,14,15,16,17). The summed E-state index contributed by atoms with van der Waals surface area (Å²) in [6, 6.07) is 0.742. The smallest absolute Gasteiger partial charge is 0.191 e. The third-order valence-corrected chi connectivity index (χ3v) is 3.60. The summed E-state index contributed by atoms with van der Waals surface area (Å²) in [7, 11) is 0. The van der Waals surface area contributed by atoms with Crippen LogP contribution in [0.4, 0.5) is 0 Å². The number of nitrogens with one attached hydrogen (secondary N) is 2. The third-order valence-electron chi connectivity index (χ3n) is 3.60. The molecule has 6 nitrogen and oxygen atoms in total. The van der Waals surface area contributed by atoms with Crippen molar-refractivity contribution < 1.29 is 0 Å². The molecule has 102 valence electrons. The first-order valence-electron chi connectivity index (χ1n) is 7.01. The van der Waals surface area contributed by atoms with Gasteiger partial charge < -0.3 is 10.2 Å². The molecule has 6 heteroatoms. The van der Waals surface area contributed by atoms with Crippen LogP contribution in [0.2, 0.25) is 0 Å². The Morgan fingerprint density at radius 1 is 1.44 bits per heavy atom. The fourth-order valence-electron chi connectivity index (χ4n) is 2.64. The van der Waals surface area contributed by atoms with Crippen molar-refractivity contribution >= 4 is 0 Å². The molecule has 1 aromatic heterocycles. The normalized spacial score (nSPS) is 23.8. The topological polar surface area (TPSA) is 69.7 Å². The predicted octanol–water partition coefficient (Wildman–Crippen LogP) is 1.11. The maximum absolute atomic E-state index is 4.03. The van der Waals surface area contributed by atoms with Gasteiger partial charge in [-0.1, -0.05) is 12.1 Å². The lowest BCUT2D eigenvalue weighted by atomic mass is 10.1. The monoisotopic (exact) mass is 252 g/mol. The molecule has 1 aliphatic heterocycles. The summed E-state index contributed by atoms with van der Waals surface area (Å²) in [4.78, 5) is 2.57. The molecule has 0 radical (unpaired) electrons. The van der Waals surface area contributed by atoms with Gasteiger partial charge in [-0.3, -0.25) is 0 Å². The number of rotatable bonds is 5. The zero-order chi connectivity index (χ0) is 12.8. The molecule has 1 aromatic rings. The van der Waals surface area contributed by atoms with Crippen LogP contribution in [0.5, 0.6) is 0 Å². The molecule has 18 heavy (non-hydrogen) atoms. The highest BCUT2D eigenvalue weighted by Gasteiger charge is 2.19. The van der Waals surface area contributed by atoms with E-state index in [9.17, 15) is 0 Å². The molecule has 2 atom stereocenters. The van der Waals surface area contributed by atoms with E-state index in [1.54, 1.807) is 0 Å². The van der Waals surface area contributed by atoms with Crippen molar-refractivity contribution in [3.8, 4) is 0 Å². The van der Waals surface area contributed by atoms with Crippen LogP contribution in [0, 0.1) is 0 Å². The van der Waals surface area contributed by atoms with Gasteiger partial charge >= 0.3 is 0 Å². The van der Waals surface area contributed by atoms with Crippen molar-refractivity contribution in [2.45, 2.75) is 51.6 Å². The van der Waals surface area contributed by atoms with Crippen LogP contribution in [0.1, 0.15) is 51.4 Å². The molecule has 2 N–H and O–H groups in total.